The summed E-state index contributed by atoms with van der Waals surface area (Å²) in [6, 6.07) is 8.36. The van der Waals surface area contributed by atoms with E-state index < -0.39 is 0 Å². The van der Waals surface area contributed by atoms with Gasteiger partial charge in [0, 0.05) is 35.9 Å². The van der Waals surface area contributed by atoms with E-state index in [4.69, 9.17) is 9.47 Å². The van der Waals surface area contributed by atoms with Gasteiger partial charge in [-0.1, -0.05) is 19.1 Å². The molecule has 0 aliphatic carbocycles. The first-order valence-corrected chi connectivity index (χ1v) is 11.1. The molecule has 32 heavy (non-hydrogen) atoms. The highest BCUT2D eigenvalue weighted by atomic mass is 16.5. The first kappa shape index (κ1) is 20.7. The third-order valence-corrected chi connectivity index (χ3v) is 6.68. The SMILES string of the molecule is COc1cc(C)c(-c2ccc3c(c2)[nH]c(=O)c2cnn(C4CCOCCC4C)c23)c(C)n1. The van der Waals surface area contributed by atoms with Gasteiger partial charge in [0.2, 0.25) is 5.88 Å². The van der Waals surface area contributed by atoms with Gasteiger partial charge in [-0.25, -0.2) is 4.98 Å². The van der Waals surface area contributed by atoms with Crippen molar-refractivity contribution in [3.63, 3.8) is 0 Å². The van der Waals surface area contributed by atoms with Gasteiger partial charge < -0.3 is 14.5 Å². The van der Waals surface area contributed by atoms with Crippen LogP contribution in [0.2, 0.25) is 0 Å². The van der Waals surface area contributed by atoms with E-state index in [-0.39, 0.29) is 11.6 Å². The van der Waals surface area contributed by atoms with E-state index in [2.05, 4.69) is 38.8 Å². The molecule has 1 aromatic carbocycles. The van der Waals surface area contributed by atoms with E-state index in [9.17, 15) is 4.79 Å². The van der Waals surface area contributed by atoms with Gasteiger partial charge in [0.15, 0.2) is 0 Å². The number of nitrogens with one attached hydrogen (secondary N) is 1. The van der Waals surface area contributed by atoms with Crippen molar-refractivity contribution in [2.24, 2.45) is 5.92 Å². The van der Waals surface area contributed by atoms with E-state index in [1.54, 1.807) is 13.3 Å². The first-order chi connectivity index (χ1) is 15.5. The topological polar surface area (TPSA) is 82.0 Å². The van der Waals surface area contributed by atoms with E-state index in [0.717, 1.165) is 58.3 Å². The van der Waals surface area contributed by atoms with Crippen LogP contribution < -0.4 is 10.3 Å². The van der Waals surface area contributed by atoms with Crippen molar-refractivity contribution >= 4 is 21.8 Å². The van der Waals surface area contributed by atoms with Crippen molar-refractivity contribution in [3.05, 3.63) is 52.1 Å². The molecule has 0 spiro atoms. The smallest absolute Gasteiger partial charge is 0.259 e. The average molecular weight is 433 g/mol. The highest BCUT2D eigenvalue weighted by molar-refractivity contribution is 6.04. The van der Waals surface area contributed by atoms with E-state index in [1.807, 2.05) is 26.0 Å². The molecule has 4 aromatic rings. The molecule has 0 bridgehead atoms. The standard InChI is InChI=1S/C25H28N4O3/c1-14-7-9-32-10-8-21(14)29-24-18-6-5-17(12-20(18)28-25(30)19(24)13-26-29)23-15(2)11-22(31-4)27-16(23)3/h5-6,11-14,21H,7-10H2,1-4H3,(H,28,30). The lowest BCUT2D eigenvalue weighted by Crippen LogP contribution is -2.19. The number of aromatic amines is 1. The van der Waals surface area contributed by atoms with Crippen LogP contribution in [0.4, 0.5) is 0 Å². The molecule has 7 nitrogen and oxygen atoms in total. The fraction of sp³-hybridized carbons (Fsp3) is 0.400. The summed E-state index contributed by atoms with van der Waals surface area (Å²) in [4.78, 5) is 20.5. The summed E-state index contributed by atoms with van der Waals surface area (Å²) >= 11 is 0. The van der Waals surface area contributed by atoms with Crippen LogP contribution in [0.3, 0.4) is 0 Å². The zero-order chi connectivity index (χ0) is 22.4. The zero-order valence-corrected chi connectivity index (χ0v) is 18.9. The number of rotatable bonds is 3. The number of pyridine rings is 2. The fourth-order valence-corrected chi connectivity index (χ4v) is 5.00. The molecule has 2 atom stereocenters. The van der Waals surface area contributed by atoms with Gasteiger partial charge in [0.1, 0.15) is 0 Å². The zero-order valence-electron chi connectivity index (χ0n) is 18.9. The van der Waals surface area contributed by atoms with Crippen LogP contribution in [-0.2, 0) is 4.74 Å². The largest absolute Gasteiger partial charge is 0.481 e. The monoisotopic (exact) mass is 432 g/mol. The number of fused-ring (bicyclic) bond motifs is 3. The summed E-state index contributed by atoms with van der Waals surface area (Å²) in [5.41, 5.74) is 5.62. The van der Waals surface area contributed by atoms with Crippen LogP contribution in [-0.4, -0.2) is 40.1 Å². The van der Waals surface area contributed by atoms with E-state index in [1.165, 1.54) is 0 Å². The Bertz CT molecular complexity index is 1350. The number of hydrogen-bond acceptors (Lipinski definition) is 5. The minimum atomic E-state index is -0.116. The van der Waals surface area contributed by atoms with Crippen LogP contribution in [0.1, 0.15) is 37.1 Å². The maximum absolute atomic E-state index is 12.9. The second-order valence-electron chi connectivity index (χ2n) is 8.74. The molecular weight excluding hydrogens is 404 g/mol. The molecule has 3 aromatic heterocycles. The Kier molecular flexibility index (Phi) is 5.21. The summed E-state index contributed by atoms with van der Waals surface area (Å²) in [5, 5.41) is 6.29. The highest BCUT2D eigenvalue weighted by Crippen LogP contribution is 2.34. The van der Waals surface area contributed by atoms with Crippen LogP contribution in [0.15, 0.2) is 35.3 Å². The predicted molar refractivity (Wildman–Crippen MR) is 125 cm³/mol. The van der Waals surface area contributed by atoms with Crippen LogP contribution in [0.5, 0.6) is 5.88 Å². The van der Waals surface area contributed by atoms with Crippen LogP contribution >= 0.6 is 0 Å². The second-order valence-corrected chi connectivity index (χ2v) is 8.74. The number of H-pyrrole nitrogens is 1. The van der Waals surface area contributed by atoms with Gasteiger partial charge in [0.05, 0.1) is 35.8 Å². The molecule has 1 saturated heterocycles. The third-order valence-electron chi connectivity index (χ3n) is 6.68. The summed E-state index contributed by atoms with van der Waals surface area (Å²) < 4.78 is 13.1. The van der Waals surface area contributed by atoms with Crippen molar-refractivity contribution in [2.75, 3.05) is 20.3 Å². The molecule has 5 rings (SSSR count). The number of hydrogen-bond donors (Lipinski definition) is 1. The molecule has 166 valence electrons. The molecule has 0 radical (unpaired) electrons. The second kappa shape index (κ2) is 8.06. The quantitative estimate of drug-likeness (QED) is 0.513. The molecule has 1 N–H and O–H groups in total. The lowest BCUT2D eigenvalue weighted by Gasteiger charge is -2.22. The number of methoxy groups -OCH3 is 1. The number of benzene rings is 1. The number of ether oxygens (including phenoxy) is 2. The number of aromatic nitrogens is 4. The molecule has 4 heterocycles. The number of aryl methyl sites for hydroxylation is 2. The van der Waals surface area contributed by atoms with E-state index in [0.29, 0.717) is 23.8 Å². The van der Waals surface area contributed by atoms with Crippen molar-refractivity contribution in [1.82, 2.24) is 19.7 Å². The maximum Gasteiger partial charge on any atom is 0.259 e. The molecule has 1 aliphatic heterocycles. The Hall–Kier alpha value is -3.19. The van der Waals surface area contributed by atoms with Crippen molar-refractivity contribution in [1.29, 1.82) is 0 Å². The first-order valence-electron chi connectivity index (χ1n) is 11.1. The normalized spacial score (nSPS) is 19.4. The van der Waals surface area contributed by atoms with Crippen LogP contribution in [0.25, 0.3) is 32.9 Å². The maximum atomic E-state index is 12.9. The molecular formula is C25H28N4O3. The van der Waals surface area contributed by atoms with Crippen molar-refractivity contribution < 1.29 is 9.47 Å². The number of nitrogens with zero attached hydrogens (tertiary/aromatic N) is 3. The Morgan fingerprint density at radius 2 is 1.97 bits per heavy atom. The minimum Gasteiger partial charge on any atom is -0.481 e. The molecule has 7 heteroatoms. The summed E-state index contributed by atoms with van der Waals surface area (Å²) in [5.74, 6) is 1.02. The van der Waals surface area contributed by atoms with Gasteiger partial charge in [-0.3, -0.25) is 9.48 Å². The van der Waals surface area contributed by atoms with Gasteiger partial charge in [0.25, 0.3) is 5.56 Å². The lowest BCUT2D eigenvalue weighted by atomic mass is 9.96. The fourth-order valence-electron chi connectivity index (χ4n) is 5.00. The molecule has 0 saturated carbocycles. The minimum absolute atomic E-state index is 0.116. The van der Waals surface area contributed by atoms with Gasteiger partial charge in [-0.05, 0) is 49.8 Å². The van der Waals surface area contributed by atoms with Gasteiger partial charge in [-0.15, -0.1) is 0 Å². The van der Waals surface area contributed by atoms with E-state index >= 15 is 0 Å². The van der Waals surface area contributed by atoms with Gasteiger partial charge in [-0.2, -0.15) is 5.10 Å². The third kappa shape index (κ3) is 3.37. The van der Waals surface area contributed by atoms with Gasteiger partial charge >= 0.3 is 0 Å². The highest BCUT2D eigenvalue weighted by Gasteiger charge is 2.25. The molecule has 2 unspecified atom stereocenters. The van der Waals surface area contributed by atoms with Crippen LogP contribution in [0, 0.1) is 19.8 Å². The Morgan fingerprint density at radius 1 is 1.16 bits per heavy atom. The van der Waals surface area contributed by atoms with Crippen molar-refractivity contribution in [2.45, 2.75) is 39.7 Å². The summed E-state index contributed by atoms with van der Waals surface area (Å²) in [7, 11) is 1.62. The summed E-state index contributed by atoms with van der Waals surface area (Å²) in [6.45, 7) is 7.75. The Balaban J connectivity index is 1.70. The Morgan fingerprint density at radius 3 is 2.75 bits per heavy atom. The average Bonchev–Trinajstić information content (AvgIpc) is 3.10. The molecule has 0 amide bonds. The Labute approximate surface area is 186 Å². The molecule has 1 aliphatic rings. The molecule has 1 fully saturated rings. The lowest BCUT2D eigenvalue weighted by molar-refractivity contribution is 0.140. The predicted octanol–water partition coefficient (Wildman–Crippen LogP) is 4.55. The van der Waals surface area contributed by atoms with Crippen molar-refractivity contribution in [3.8, 4) is 17.0 Å². The summed E-state index contributed by atoms with van der Waals surface area (Å²) in [6.07, 6.45) is 3.57.